The van der Waals surface area contributed by atoms with Crippen molar-refractivity contribution in [2.75, 3.05) is 18.5 Å². The lowest BCUT2D eigenvalue weighted by Gasteiger charge is -2.22. The Morgan fingerprint density at radius 2 is 2.35 bits per heavy atom. The molecule has 1 aromatic rings. The number of hydrogen-bond acceptors (Lipinski definition) is 4. The normalized spacial score (nSPS) is 20.2. The van der Waals surface area contributed by atoms with Crippen LogP contribution in [0.4, 0.5) is 5.82 Å². The lowest BCUT2D eigenvalue weighted by molar-refractivity contribution is 0.0134. The maximum atomic E-state index is 5.69. The van der Waals surface area contributed by atoms with Crippen molar-refractivity contribution in [2.24, 2.45) is 0 Å². The molecule has 2 rings (SSSR count). The van der Waals surface area contributed by atoms with Crippen LogP contribution in [0, 0.1) is 0 Å². The van der Waals surface area contributed by atoms with Crippen LogP contribution in [0.15, 0.2) is 12.4 Å². The van der Waals surface area contributed by atoms with Gasteiger partial charge in [0.25, 0.3) is 0 Å². The Kier molecular flexibility index (Phi) is 4.74. The van der Waals surface area contributed by atoms with E-state index in [1.165, 1.54) is 19.3 Å². The van der Waals surface area contributed by atoms with Crippen LogP contribution in [0.25, 0.3) is 0 Å². The molecule has 1 aromatic heterocycles. The molecule has 1 unspecified atom stereocenters. The minimum Gasteiger partial charge on any atom is -0.378 e. The van der Waals surface area contributed by atoms with E-state index in [9.17, 15) is 0 Å². The van der Waals surface area contributed by atoms with Crippen LogP contribution in [0.3, 0.4) is 0 Å². The van der Waals surface area contributed by atoms with Crippen LogP contribution < -0.4 is 5.32 Å². The average Bonchev–Trinajstić information content (AvgIpc) is 2.40. The summed E-state index contributed by atoms with van der Waals surface area (Å²) in [7, 11) is 0. The quantitative estimate of drug-likeness (QED) is 0.851. The molecule has 0 aliphatic carbocycles. The Balaban J connectivity index is 1.73. The summed E-state index contributed by atoms with van der Waals surface area (Å²) in [5.74, 6) is 0.924. The van der Waals surface area contributed by atoms with Crippen molar-refractivity contribution in [1.29, 1.82) is 0 Å². The fourth-order valence-corrected chi connectivity index (χ4v) is 2.08. The van der Waals surface area contributed by atoms with Gasteiger partial charge in [0.05, 0.1) is 6.10 Å². The summed E-state index contributed by atoms with van der Waals surface area (Å²) in [4.78, 5) is 8.39. The maximum absolute atomic E-state index is 5.69. The topological polar surface area (TPSA) is 47.0 Å². The van der Waals surface area contributed by atoms with Crippen molar-refractivity contribution in [3.8, 4) is 0 Å². The molecule has 0 radical (unpaired) electrons. The van der Waals surface area contributed by atoms with Gasteiger partial charge in [0, 0.05) is 24.9 Å². The van der Waals surface area contributed by atoms with Gasteiger partial charge in [0.1, 0.15) is 12.1 Å². The fraction of sp³-hybridized carbons (Fsp3) is 0.692. The number of aromatic nitrogens is 2. The number of rotatable bonds is 5. The molecular weight excluding hydrogens is 214 g/mol. The molecule has 17 heavy (non-hydrogen) atoms. The molecule has 94 valence electrons. The van der Waals surface area contributed by atoms with Gasteiger partial charge in [-0.15, -0.1) is 0 Å². The van der Waals surface area contributed by atoms with E-state index in [1.54, 1.807) is 6.33 Å². The minimum absolute atomic E-state index is 0.434. The van der Waals surface area contributed by atoms with Crippen molar-refractivity contribution >= 4 is 5.82 Å². The van der Waals surface area contributed by atoms with E-state index in [2.05, 4.69) is 22.2 Å². The molecular formula is C13H21N3O. The van der Waals surface area contributed by atoms with Crippen molar-refractivity contribution in [3.63, 3.8) is 0 Å². The van der Waals surface area contributed by atoms with Gasteiger partial charge in [-0.25, -0.2) is 9.97 Å². The molecule has 0 bridgehead atoms. The number of nitrogens with one attached hydrogen (secondary N) is 1. The third kappa shape index (κ3) is 3.97. The molecule has 0 aromatic carbocycles. The zero-order valence-corrected chi connectivity index (χ0v) is 10.5. The molecule has 2 heterocycles. The summed E-state index contributed by atoms with van der Waals surface area (Å²) in [6, 6.07) is 2.02. The zero-order chi connectivity index (χ0) is 11.9. The lowest BCUT2D eigenvalue weighted by Crippen LogP contribution is -2.22. The first-order valence-corrected chi connectivity index (χ1v) is 6.55. The molecule has 1 atom stereocenters. The molecule has 4 heteroatoms. The summed E-state index contributed by atoms with van der Waals surface area (Å²) < 4.78 is 5.69. The average molecular weight is 235 g/mol. The molecule has 1 fully saturated rings. The molecule has 1 aliphatic heterocycles. The second-order valence-electron chi connectivity index (χ2n) is 4.45. The largest absolute Gasteiger partial charge is 0.378 e. The first kappa shape index (κ1) is 12.3. The standard InChI is InChI=1S/C13H21N3O/c1-2-11-9-13(16-10-15-11)14-7-6-12-5-3-4-8-17-12/h9-10,12H,2-8H2,1H3,(H,14,15,16). The van der Waals surface area contributed by atoms with Crippen molar-refractivity contribution < 1.29 is 4.74 Å². The third-order valence-electron chi connectivity index (χ3n) is 3.13. The van der Waals surface area contributed by atoms with E-state index in [1.807, 2.05) is 6.07 Å². The van der Waals surface area contributed by atoms with Crippen molar-refractivity contribution in [3.05, 3.63) is 18.1 Å². The summed E-state index contributed by atoms with van der Waals surface area (Å²) >= 11 is 0. The van der Waals surface area contributed by atoms with Crippen LogP contribution in [-0.2, 0) is 11.2 Å². The number of aryl methyl sites for hydroxylation is 1. The van der Waals surface area contributed by atoms with E-state index in [-0.39, 0.29) is 0 Å². The maximum Gasteiger partial charge on any atom is 0.129 e. The number of anilines is 1. The van der Waals surface area contributed by atoms with E-state index in [0.717, 1.165) is 37.5 Å². The van der Waals surface area contributed by atoms with Crippen LogP contribution in [0.2, 0.25) is 0 Å². The summed E-state index contributed by atoms with van der Waals surface area (Å²) in [6.45, 7) is 3.95. The van der Waals surface area contributed by atoms with Gasteiger partial charge in [-0.3, -0.25) is 0 Å². The highest BCUT2D eigenvalue weighted by atomic mass is 16.5. The van der Waals surface area contributed by atoms with Gasteiger partial charge >= 0.3 is 0 Å². The smallest absolute Gasteiger partial charge is 0.129 e. The first-order chi connectivity index (χ1) is 8.38. The van der Waals surface area contributed by atoms with Crippen LogP contribution in [0.1, 0.15) is 38.3 Å². The highest BCUT2D eigenvalue weighted by Crippen LogP contribution is 2.15. The molecule has 1 saturated heterocycles. The van der Waals surface area contributed by atoms with Crippen LogP contribution in [-0.4, -0.2) is 29.2 Å². The minimum atomic E-state index is 0.434. The summed E-state index contributed by atoms with van der Waals surface area (Å²) in [6.07, 6.45) is 7.79. The van der Waals surface area contributed by atoms with Crippen molar-refractivity contribution in [2.45, 2.75) is 45.1 Å². The molecule has 4 nitrogen and oxygen atoms in total. The van der Waals surface area contributed by atoms with E-state index in [0.29, 0.717) is 6.10 Å². The third-order valence-corrected chi connectivity index (χ3v) is 3.13. The van der Waals surface area contributed by atoms with Gasteiger partial charge in [0.2, 0.25) is 0 Å². The second-order valence-corrected chi connectivity index (χ2v) is 4.45. The van der Waals surface area contributed by atoms with E-state index >= 15 is 0 Å². The highest BCUT2D eigenvalue weighted by Gasteiger charge is 2.12. The molecule has 1 aliphatic rings. The van der Waals surface area contributed by atoms with Gasteiger partial charge in [-0.2, -0.15) is 0 Å². The van der Waals surface area contributed by atoms with Crippen LogP contribution >= 0.6 is 0 Å². The molecule has 0 spiro atoms. The second kappa shape index (κ2) is 6.55. The van der Waals surface area contributed by atoms with Gasteiger partial charge < -0.3 is 10.1 Å². The Hall–Kier alpha value is -1.16. The Morgan fingerprint density at radius 1 is 1.41 bits per heavy atom. The van der Waals surface area contributed by atoms with Gasteiger partial charge in [0.15, 0.2) is 0 Å². The highest BCUT2D eigenvalue weighted by molar-refractivity contribution is 5.34. The Labute approximate surface area is 103 Å². The number of hydrogen-bond donors (Lipinski definition) is 1. The number of ether oxygens (including phenoxy) is 1. The van der Waals surface area contributed by atoms with Gasteiger partial charge in [-0.1, -0.05) is 6.92 Å². The Bertz CT molecular complexity index is 337. The first-order valence-electron chi connectivity index (χ1n) is 6.55. The zero-order valence-electron chi connectivity index (χ0n) is 10.5. The predicted molar refractivity (Wildman–Crippen MR) is 68.1 cm³/mol. The monoisotopic (exact) mass is 235 g/mol. The molecule has 1 N–H and O–H groups in total. The SMILES string of the molecule is CCc1cc(NCCC2CCCCO2)ncn1. The number of nitrogens with zero attached hydrogens (tertiary/aromatic N) is 2. The van der Waals surface area contributed by atoms with Crippen molar-refractivity contribution in [1.82, 2.24) is 9.97 Å². The fourth-order valence-electron chi connectivity index (χ4n) is 2.08. The Morgan fingerprint density at radius 3 is 3.12 bits per heavy atom. The van der Waals surface area contributed by atoms with E-state index in [4.69, 9.17) is 4.74 Å². The lowest BCUT2D eigenvalue weighted by atomic mass is 10.1. The summed E-state index contributed by atoms with van der Waals surface area (Å²) in [5, 5.41) is 3.34. The predicted octanol–water partition coefficient (Wildman–Crippen LogP) is 2.41. The van der Waals surface area contributed by atoms with E-state index < -0.39 is 0 Å². The molecule has 0 amide bonds. The summed E-state index contributed by atoms with van der Waals surface area (Å²) in [5.41, 5.74) is 1.08. The van der Waals surface area contributed by atoms with Crippen LogP contribution in [0.5, 0.6) is 0 Å². The molecule has 0 saturated carbocycles. The van der Waals surface area contributed by atoms with Gasteiger partial charge in [-0.05, 0) is 32.1 Å².